The van der Waals surface area contributed by atoms with Crippen LogP contribution in [0.2, 0.25) is 0 Å². The van der Waals surface area contributed by atoms with Gasteiger partial charge in [0.1, 0.15) is 0 Å². The summed E-state index contributed by atoms with van der Waals surface area (Å²) in [6.07, 6.45) is 2.49. The molecule has 1 saturated heterocycles. The first-order valence-corrected chi connectivity index (χ1v) is 8.80. The highest BCUT2D eigenvalue weighted by molar-refractivity contribution is 6.07. The third kappa shape index (κ3) is 2.90. The van der Waals surface area contributed by atoms with Crippen molar-refractivity contribution in [3.05, 3.63) is 29.3 Å². The molecule has 2 N–H and O–H groups in total. The zero-order valence-electron chi connectivity index (χ0n) is 14.4. The van der Waals surface area contributed by atoms with Gasteiger partial charge in [0.15, 0.2) is 0 Å². The lowest BCUT2D eigenvalue weighted by molar-refractivity contribution is -0.122. The Morgan fingerprint density at radius 1 is 1.35 bits per heavy atom. The van der Waals surface area contributed by atoms with E-state index in [0.717, 1.165) is 49.3 Å². The fraction of sp³-hybridized carbons (Fsp3) is 0.632. The Hall–Kier alpha value is -1.39. The molecule has 2 heterocycles. The van der Waals surface area contributed by atoms with Crippen LogP contribution in [0.5, 0.6) is 0 Å². The highest BCUT2D eigenvalue weighted by Crippen LogP contribution is 2.43. The van der Waals surface area contributed by atoms with Crippen LogP contribution in [0, 0.1) is 5.92 Å². The number of aliphatic hydroxyl groups is 1. The second-order valence-electron chi connectivity index (χ2n) is 7.43. The molecule has 4 heteroatoms. The number of nitrogens with one attached hydrogen (secondary N) is 1. The number of benzene rings is 1. The van der Waals surface area contributed by atoms with Crippen LogP contribution in [0.1, 0.15) is 57.3 Å². The van der Waals surface area contributed by atoms with Gasteiger partial charge in [-0.3, -0.25) is 4.79 Å². The van der Waals surface area contributed by atoms with E-state index in [-0.39, 0.29) is 5.91 Å². The third-order valence-corrected chi connectivity index (χ3v) is 5.44. The summed E-state index contributed by atoms with van der Waals surface area (Å²) in [5.41, 5.74) is 2.49. The largest absolute Gasteiger partial charge is 0.388 e. The molecule has 0 bridgehead atoms. The summed E-state index contributed by atoms with van der Waals surface area (Å²) < 4.78 is 0. The minimum atomic E-state index is -0.508. The molecule has 2 aliphatic rings. The normalized spacial score (nSPS) is 22.3. The quantitative estimate of drug-likeness (QED) is 0.898. The van der Waals surface area contributed by atoms with Gasteiger partial charge in [-0.25, -0.2) is 0 Å². The number of carbonyl (C=O) groups excluding carboxylic acids is 1. The average Bonchev–Trinajstić information content (AvgIpc) is 2.76. The monoisotopic (exact) mass is 316 g/mol. The highest BCUT2D eigenvalue weighted by atomic mass is 16.3. The number of amides is 1. The summed E-state index contributed by atoms with van der Waals surface area (Å²) in [6.45, 7) is 8.87. The number of hydrogen-bond acceptors (Lipinski definition) is 3. The number of hydrogen-bond donors (Lipinski definition) is 2. The molecular weight excluding hydrogens is 288 g/mol. The standard InChI is InChI=1S/C19H28N2O2/c1-4-17(22)14-5-6-16-15(11-14)19(2,3)18(23)21(16)12-13-7-9-20-10-8-13/h5-6,11,13,17,20,22H,4,7-10,12H2,1-3H3. The van der Waals surface area contributed by atoms with Gasteiger partial charge < -0.3 is 15.3 Å². The van der Waals surface area contributed by atoms with Crippen molar-refractivity contribution in [3.8, 4) is 0 Å². The van der Waals surface area contributed by atoms with E-state index in [4.69, 9.17) is 0 Å². The topological polar surface area (TPSA) is 52.6 Å². The van der Waals surface area contributed by atoms with Crippen molar-refractivity contribution in [1.82, 2.24) is 5.32 Å². The van der Waals surface area contributed by atoms with E-state index < -0.39 is 11.5 Å². The number of aliphatic hydroxyl groups excluding tert-OH is 1. The van der Waals surface area contributed by atoms with Crippen LogP contribution >= 0.6 is 0 Å². The molecule has 0 aliphatic carbocycles. The van der Waals surface area contributed by atoms with Crippen LogP contribution in [0.25, 0.3) is 0 Å². The van der Waals surface area contributed by atoms with Crippen molar-refractivity contribution in [2.75, 3.05) is 24.5 Å². The number of rotatable bonds is 4. The molecule has 1 atom stereocenters. The Bertz CT molecular complexity index is 591. The van der Waals surface area contributed by atoms with Crippen LogP contribution in [0.3, 0.4) is 0 Å². The smallest absolute Gasteiger partial charge is 0.237 e. The van der Waals surface area contributed by atoms with Gasteiger partial charge in [-0.15, -0.1) is 0 Å². The molecule has 1 fully saturated rings. The molecule has 1 aromatic carbocycles. The average molecular weight is 316 g/mol. The van der Waals surface area contributed by atoms with Crippen LogP contribution < -0.4 is 10.2 Å². The van der Waals surface area contributed by atoms with Gasteiger partial charge in [-0.05, 0) is 69.3 Å². The second kappa shape index (κ2) is 6.25. The lowest BCUT2D eigenvalue weighted by atomic mass is 9.85. The maximum Gasteiger partial charge on any atom is 0.237 e. The molecular formula is C19H28N2O2. The van der Waals surface area contributed by atoms with E-state index in [2.05, 4.69) is 5.32 Å². The zero-order chi connectivity index (χ0) is 16.6. The van der Waals surface area contributed by atoms with Crippen molar-refractivity contribution in [1.29, 1.82) is 0 Å². The maximum atomic E-state index is 13.0. The molecule has 0 radical (unpaired) electrons. The van der Waals surface area contributed by atoms with E-state index in [1.807, 2.05) is 43.9 Å². The first-order valence-electron chi connectivity index (χ1n) is 8.80. The molecule has 1 aromatic rings. The Kier molecular flexibility index (Phi) is 4.47. The van der Waals surface area contributed by atoms with Gasteiger partial charge in [0.25, 0.3) is 0 Å². The first kappa shape index (κ1) is 16.5. The summed E-state index contributed by atoms with van der Waals surface area (Å²) in [4.78, 5) is 14.9. The van der Waals surface area contributed by atoms with Gasteiger partial charge in [0, 0.05) is 12.2 Å². The maximum absolute atomic E-state index is 13.0. The third-order valence-electron chi connectivity index (χ3n) is 5.44. The van der Waals surface area contributed by atoms with Crippen LogP contribution in [-0.2, 0) is 10.2 Å². The lowest BCUT2D eigenvalue weighted by Gasteiger charge is -2.28. The molecule has 0 spiro atoms. The van der Waals surface area contributed by atoms with Crippen LogP contribution in [0.15, 0.2) is 18.2 Å². The highest BCUT2D eigenvalue weighted by Gasteiger charge is 2.44. The molecule has 126 valence electrons. The molecule has 3 rings (SSSR count). The molecule has 1 unspecified atom stereocenters. The predicted molar refractivity (Wildman–Crippen MR) is 92.7 cm³/mol. The van der Waals surface area contributed by atoms with Crippen LogP contribution in [-0.4, -0.2) is 30.6 Å². The lowest BCUT2D eigenvalue weighted by Crippen LogP contribution is -2.41. The number of fused-ring (bicyclic) bond motifs is 1. The predicted octanol–water partition coefficient (Wildman–Crippen LogP) is 2.75. The first-order chi connectivity index (χ1) is 10.9. The Balaban J connectivity index is 1.91. The van der Waals surface area contributed by atoms with E-state index in [1.165, 1.54) is 0 Å². The second-order valence-corrected chi connectivity index (χ2v) is 7.43. The van der Waals surface area contributed by atoms with Gasteiger partial charge in [0.2, 0.25) is 5.91 Å². The molecule has 4 nitrogen and oxygen atoms in total. The van der Waals surface area contributed by atoms with Crippen molar-refractivity contribution >= 4 is 11.6 Å². The van der Waals surface area contributed by atoms with E-state index in [9.17, 15) is 9.90 Å². The van der Waals surface area contributed by atoms with Gasteiger partial charge in [-0.2, -0.15) is 0 Å². The summed E-state index contributed by atoms with van der Waals surface area (Å²) in [5.74, 6) is 0.761. The van der Waals surface area contributed by atoms with Crippen molar-refractivity contribution in [2.45, 2.75) is 51.6 Å². The summed E-state index contributed by atoms with van der Waals surface area (Å²) in [5, 5.41) is 13.5. The van der Waals surface area contributed by atoms with E-state index in [1.54, 1.807) is 0 Å². The fourth-order valence-electron chi connectivity index (χ4n) is 3.80. The summed E-state index contributed by atoms with van der Waals surface area (Å²) in [7, 11) is 0. The van der Waals surface area contributed by atoms with E-state index in [0.29, 0.717) is 12.3 Å². The Labute approximate surface area is 138 Å². The van der Waals surface area contributed by atoms with Crippen molar-refractivity contribution < 1.29 is 9.90 Å². The minimum Gasteiger partial charge on any atom is -0.388 e. The molecule has 0 saturated carbocycles. The van der Waals surface area contributed by atoms with E-state index >= 15 is 0 Å². The SMILES string of the molecule is CCC(O)c1ccc2c(c1)C(C)(C)C(=O)N2CC1CCNCC1. The van der Waals surface area contributed by atoms with Crippen LogP contribution in [0.4, 0.5) is 5.69 Å². The molecule has 0 aromatic heterocycles. The number of nitrogens with zero attached hydrogens (tertiary/aromatic N) is 1. The van der Waals surface area contributed by atoms with Crippen molar-refractivity contribution in [2.24, 2.45) is 5.92 Å². The van der Waals surface area contributed by atoms with Gasteiger partial charge in [-0.1, -0.05) is 19.1 Å². The minimum absolute atomic E-state index is 0.189. The number of anilines is 1. The number of piperidine rings is 1. The Morgan fingerprint density at radius 2 is 2.04 bits per heavy atom. The molecule has 2 aliphatic heterocycles. The van der Waals surface area contributed by atoms with Gasteiger partial charge >= 0.3 is 0 Å². The summed E-state index contributed by atoms with van der Waals surface area (Å²) >= 11 is 0. The zero-order valence-corrected chi connectivity index (χ0v) is 14.4. The van der Waals surface area contributed by atoms with Gasteiger partial charge in [0.05, 0.1) is 11.5 Å². The molecule has 1 amide bonds. The fourth-order valence-corrected chi connectivity index (χ4v) is 3.80. The summed E-state index contributed by atoms with van der Waals surface area (Å²) in [6, 6.07) is 6.03. The number of carbonyl (C=O) groups is 1. The molecule has 23 heavy (non-hydrogen) atoms. The Morgan fingerprint density at radius 3 is 2.70 bits per heavy atom. The van der Waals surface area contributed by atoms with Crippen molar-refractivity contribution in [3.63, 3.8) is 0 Å².